The number of benzene rings is 1. The van der Waals surface area contributed by atoms with Crippen molar-refractivity contribution in [2.24, 2.45) is 0 Å². The van der Waals surface area contributed by atoms with Crippen molar-refractivity contribution in [1.29, 1.82) is 0 Å². The van der Waals surface area contributed by atoms with Gasteiger partial charge in [0.15, 0.2) is 0 Å². The number of carboxylic acids is 1. The number of ether oxygens (including phenoxy) is 1. The second kappa shape index (κ2) is 5.41. The Morgan fingerprint density at radius 1 is 1.60 bits per heavy atom. The molecule has 0 fully saturated rings. The number of aliphatic carboxylic acids is 1. The summed E-state index contributed by atoms with van der Waals surface area (Å²) in [6.07, 6.45) is 2.49. The van der Waals surface area contributed by atoms with Crippen molar-refractivity contribution in [2.45, 2.75) is 6.92 Å². The molecule has 4 heteroatoms. The van der Waals surface area contributed by atoms with E-state index in [9.17, 15) is 4.79 Å². The molecule has 0 atom stereocenters. The predicted molar refractivity (Wildman–Crippen MR) is 59.3 cm³/mol. The molecule has 1 aromatic carbocycles. The Hall–Kier alpha value is -1.48. The van der Waals surface area contributed by atoms with Crippen LogP contribution in [0.3, 0.4) is 0 Å². The fourth-order valence-corrected chi connectivity index (χ4v) is 1.29. The molecule has 0 radical (unpaired) electrons. The van der Waals surface area contributed by atoms with Gasteiger partial charge in [-0.2, -0.15) is 0 Å². The van der Waals surface area contributed by atoms with E-state index in [0.717, 1.165) is 6.08 Å². The Kier molecular flexibility index (Phi) is 4.18. The second-order valence-corrected chi connectivity index (χ2v) is 3.20. The highest BCUT2D eigenvalue weighted by Crippen LogP contribution is 2.23. The summed E-state index contributed by atoms with van der Waals surface area (Å²) in [5.41, 5.74) is 0.655. The van der Waals surface area contributed by atoms with Crippen LogP contribution in [0.15, 0.2) is 24.3 Å². The first-order valence-electron chi connectivity index (χ1n) is 4.47. The van der Waals surface area contributed by atoms with Gasteiger partial charge in [-0.15, -0.1) is 0 Å². The van der Waals surface area contributed by atoms with E-state index in [4.69, 9.17) is 21.4 Å². The second-order valence-electron chi connectivity index (χ2n) is 2.79. The summed E-state index contributed by atoms with van der Waals surface area (Å²) in [5, 5.41) is 8.92. The van der Waals surface area contributed by atoms with Crippen molar-refractivity contribution in [3.8, 4) is 5.75 Å². The van der Waals surface area contributed by atoms with Gasteiger partial charge in [0.25, 0.3) is 0 Å². The van der Waals surface area contributed by atoms with Gasteiger partial charge in [0, 0.05) is 6.08 Å². The maximum absolute atomic E-state index is 10.3. The maximum atomic E-state index is 10.3. The van der Waals surface area contributed by atoms with Crippen molar-refractivity contribution in [3.63, 3.8) is 0 Å². The standard InChI is InChI=1S/C11H11ClO3/c1-2-15-9-5-3-8(10(12)7-9)4-6-11(13)14/h3-7H,2H2,1H3,(H,13,14). The highest BCUT2D eigenvalue weighted by atomic mass is 35.5. The third-order valence-corrected chi connectivity index (χ3v) is 2.02. The molecule has 0 aliphatic rings. The van der Waals surface area contributed by atoms with E-state index in [1.165, 1.54) is 6.08 Å². The van der Waals surface area contributed by atoms with E-state index in [1.807, 2.05) is 6.92 Å². The Morgan fingerprint density at radius 3 is 2.87 bits per heavy atom. The predicted octanol–water partition coefficient (Wildman–Crippen LogP) is 2.84. The van der Waals surface area contributed by atoms with Crippen LogP contribution in [0.25, 0.3) is 6.08 Å². The molecule has 0 saturated heterocycles. The Balaban J connectivity index is 2.88. The van der Waals surface area contributed by atoms with Crippen LogP contribution >= 0.6 is 11.6 Å². The van der Waals surface area contributed by atoms with Gasteiger partial charge < -0.3 is 9.84 Å². The summed E-state index contributed by atoms with van der Waals surface area (Å²) in [4.78, 5) is 10.3. The fourth-order valence-electron chi connectivity index (χ4n) is 1.06. The van der Waals surface area contributed by atoms with Crippen LogP contribution in [-0.2, 0) is 4.79 Å². The highest BCUT2D eigenvalue weighted by molar-refractivity contribution is 6.32. The van der Waals surface area contributed by atoms with Crippen LogP contribution in [0.5, 0.6) is 5.75 Å². The van der Waals surface area contributed by atoms with E-state index in [1.54, 1.807) is 18.2 Å². The molecular weight excluding hydrogens is 216 g/mol. The fraction of sp³-hybridized carbons (Fsp3) is 0.182. The number of hydrogen-bond acceptors (Lipinski definition) is 2. The van der Waals surface area contributed by atoms with Crippen molar-refractivity contribution in [1.82, 2.24) is 0 Å². The van der Waals surface area contributed by atoms with E-state index in [2.05, 4.69) is 0 Å². The summed E-state index contributed by atoms with van der Waals surface area (Å²) in [5.74, 6) is -0.324. The van der Waals surface area contributed by atoms with Gasteiger partial charge in [-0.25, -0.2) is 4.79 Å². The number of rotatable bonds is 4. The summed E-state index contributed by atoms with van der Waals surface area (Å²) < 4.78 is 5.24. The molecular formula is C11H11ClO3. The minimum Gasteiger partial charge on any atom is -0.494 e. The van der Waals surface area contributed by atoms with Crippen LogP contribution in [0.4, 0.5) is 0 Å². The molecule has 15 heavy (non-hydrogen) atoms. The molecule has 0 aliphatic heterocycles. The Labute approximate surface area is 92.9 Å². The molecule has 0 unspecified atom stereocenters. The third kappa shape index (κ3) is 3.64. The largest absolute Gasteiger partial charge is 0.494 e. The van der Waals surface area contributed by atoms with E-state index in [0.29, 0.717) is 22.9 Å². The summed E-state index contributed by atoms with van der Waals surface area (Å²) in [6.45, 7) is 2.45. The molecule has 3 nitrogen and oxygen atoms in total. The van der Waals surface area contributed by atoms with Gasteiger partial charge in [0.05, 0.1) is 11.6 Å². The van der Waals surface area contributed by atoms with Gasteiger partial charge >= 0.3 is 5.97 Å². The number of hydrogen-bond donors (Lipinski definition) is 1. The lowest BCUT2D eigenvalue weighted by Crippen LogP contribution is -1.91. The molecule has 0 bridgehead atoms. The zero-order valence-corrected chi connectivity index (χ0v) is 8.99. The van der Waals surface area contributed by atoms with Gasteiger partial charge in [0.1, 0.15) is 5.75 Å². The lowest BCUT2D eigenvalue weighted by molar-refractivity contribution is -0.131. The normalized spacial score (nSPS) is 10.5. The minimum absolute atomic E-state index is 0.471. The zero-order chi connectivity index (χ0) is 11.3. The van der Waals surface area contributed by atoms with E-state index >= 15 is 0 Å². The monoisotopic (exact) mass is 226 g/mol. The lowest BCUT2D eigenvalue weighted by Gasteiger charge is -2.04. The van der Waals surface area contributed by atoms with Crippen molar-refractivity contribution < 1.29 is 14.6 Å². The molecule has 0 amide bonds. The number of carboxylic acid groups (broad SMARTS) is 1. The van der Waals surface area contributed by atoms with Crippen molar-refractivity contribution in [3.05, 3.63) is 34.9 Å². The molecule has 1 N–H and O–H groups in total. The molecule has 0 aromatic heterocycles. The van der Waals surface area contributed by atoms with Gasteiger partial charge in [-0.1, -0.05) is 11.6 Å². The topological polar surface area (TPSA) is 46.5 Å². The minimum atomic E-state index is -1.00. The van der Waals surface area contributed by atoms with Crippen molar-refractivity contribution >= 4 is 23.6 Å². The molecule has 1 aromatic rings. The molecule has 0 saturated carbocycles. The highest BCUT2D eigenvalue weighted by Gasteiger charge is 2.00. The van der Waals surface area contributed by atoms with Gasteiger partial charge in [-0.3, -0.25) is 0 Å². The van der Waals surface area contributed by atoms with E-state index in [-0.39, 0.29) is 0 Å². The number of halogens is 1. The quantitative estimate of drug-likeness (QED) is 0.803. The SMILES string of the molecule is CCOc1ccc(C=CC(=O)O)c(Cl)c1. The third-order valence-electron chi connectivity index (χ3n) is 1.69. The van der Waals surface area contributed by atoms with Crippen LogP contribution < -0.4 is 4.74 Å². The van der Waals surface area contributed by atoms with Crippen LogP contribution in [0.2, 0.25) is 5.02 Å². The summed E-state index contributed by atoms with van der Waals surface area (Å²) in [7, 11) is 0. The van der Waals surface area contributed by atoms with Crippen molar-refractivity contribution in [2.75, 3.05) is 6.61 Å². The molecule has 0 heterocycles. The van der Waals surface area contributed by atoms with Crippen LogP contribution in [0, 0.1) is 0 Å². The summed E-state index contributed by atoms with van der Waals surface area (Å²) in [6, 6.07) is 5.12. The van der Waals surface area contributed by atoms with Gasteiger partial charge in [0.2, 0.25) is 0 Å². The van der Waals surface area contributed by atoms with E-state index < -0.39 is 5.97 Å². The molecule has 0 aliphatic carbocycles. The molecule has 80 valence electrons. The average Bonchev–Trinajstić information content (AvgIpc) is 2.17. The Bertz CT molecular complexity index is 385. The summed E-state index contributed by atoms with van der Waals surface area (Å²) >= 11 is 5.92. The van der Waals surface area contributed by atoms with Gasteiger partial charge in [-0.05, 0) is 36.8 Å². The Morgan fingerprint density at radius 2 is 2.33 bits per heavy atom. The van der Waals surface area contributed by atoms with Crippen LogP contribution in [0.1, 0.15) is 12.5 Å². The zero-order valence-electron chi connectivity index (χ0n) is 8.24. The molecule has 0 spiro atoms. The molecule has 1 rings (SSSR count). The first-order valence-corrected chi connectivity index (χ1v) is 4.84. The average molecular weight is 227 g/mol. The number of carbonyl (C=O) groups is 1. The smallest absolute Gasteiger partial charge is 0.328 e. The first-order chi connectivity index (χ1) is 7.13. The lowest BCUT2D eigenvalue weighted by atomic mass is 10.2. The van der Waals surface area contributed by atoms with Crippen LogP contribution in [-0.4, -0.2) is 17.7 Å². The maximum Gasteiger partial charge on any atom is 0.328 e. The first kappa shape index (κ1) is 11.6.